The molecule has 30 heavy (non-hydrogen) atoms. The van der Waals surface area contributed by atoms with E-state index in [1.807, 2.05) is 52.8 Å². The molecule has 1 aliphatic heterocycles. The highest BCUT2D eigenvalue weighted by Gasteiger charge is 2.47. The van der Waals surface area contributed by atoms with Gasteiger partial charge in [-0.15, -0.1) is 0 Å². The molecule has 0 spiro atoms. The highest BCUT2D eigenvalue weighted by molar-refractivity contribution is 6.06. The van der Waals surface area contributed by atoms with Crippen LogP contribution in [-0.2, 0) is 9.59 Å². The lowest BCUT2D eigenvalue weighted by Gasteiger charge is -2.40. The van der Waals surface area contributed by atoms with Crippen molar-refractivity contribution in [1.29, 1.82) is 0 Å². The van der Waals surface area contributed by atoms with E-state index in [2.05, 4.69) is 0 Å². The van der Waals surface area contributed by atoms with Crippen LogP contribution in [0.2, 0.25) is 0 Å². The Balaban J connectivity index is 1.96. The fourth-order valence-corrected chi connectivity index (χ4v) is 5.04. The van der Waals surface area contributed by atoms with Crippen LogP contribution in [0.5, 0.6) is 11.5 Å². The van der Waals surface area contributed by atoms with E-state index < -0.39 is 5.92 Å². The van der Waals surface area contributed by atoms with Crippen molar-refractivity contribution >= 4 is 11.6 Å². The maximum Gasteiger partial charge on any atom is 0.172 e. The van der Waals surface area contributed by atoms with Gasteiger partial charge in [0.15, 0.2) is 23.1 Å². The van der Waals surface area contributed by atoms with Crippen LogP contribution >= 0.6 is 0 Å². The fourth-order valence-electron chi connectivity index (χ4n) is 5.04. The molecule has 5 heteroatoms. The van der Waals surface area contributed by atoms with Gasteiger partial charge in [0.25, 0.3) is 0 Å². The third-order valence-corrected chi connectivity index (χ3v) is 6.20. The van der Waals surface area contributed by atoms with E-state index in [0.29, 0.717) is 66.3 Å². The number of Topliss-reactive ketones (excluding diaryl/α,β-unsaturated/α-hetero) is 2. The molecule has 0 amide bonds. The molecule has 0 bridgehead atoms. The second-order valence-corrected chi connectivity index (χ2v) is 10.2. The van der Waals surface area contributed by atoms with Gasteiger partial charge in [0, 0.05) is 42.4 Å². The minimum Gasteiger partial charge on any atom is -0.512 e. The molecule has 1 N–H and O–H groups in total. The summed E-state index contributed by atoms with van der Waals surface area (Å²) in [6.45, 7) is 10.4. The quantitative estimate of drug-likeness (QED) is 0.722. The Kier molecular flexibility index (Phi) is 4.83. The molecule has 0 fully saturated rings. The third kappa shape index (κ3) is 3.44. The van der Waals surface area contributed by atoms with Crippen LogP contribution in [-0.4, -0.2) is 23.3 Å². The van der Waals surface area contributed by atoms with E-state index in [9.17, 15) is 14.7 Å². The largest absolute Gasteiger partial charge is 0.512 e. The van der Waals surface area contributed by atoms with Crippen molar-refractivity contribution in [3.63, 3.8) is 0 Å². The summed E-state index contributed by atoms with van der Waals surface area (Å²) in [4.78, 5) is 26.5. The molecule has 3 aliphatic rings. The van der Waals surface area contributed by atoms with Crippen LogP contribution in [0.4, 0.5) is 0 Å². The molecule has 1 unspecified atom stereocenters. The molecule has 0 aromatic heterocycles. The molecular formula is C25H30O5. The van der Waals surface area contributed by atoms with Crippen LogP contribution < -0.4 is 9.47 Å². The number of carbonyl (C=O) groups is 2. The number of carbonyl (C=O) groups excluding carboxylic acids is 2. The van der Waals surface area contributed by atoms with Gasteiger partial charge in [-0.05, 0) is 23.8 Å². The number of rotatable bonds is 3. The van der Waals surface area contributed by atoms with Gasteiger partial charge in [0.2, 0.25) is 0 Å². The summed E-state index contributed by atoms with van der Waals surface area (Å²) >= 11 is 0. The molecular weight excluding hydrogens is 380 g/mol. The lowest BCUT2D eigenvalue weighted by atomic mass is 9.66. The molecule has 0 saturated heterocycles. The van der Waals surface area contributed by atoms with Crippen LogP contribution in [0.1, 0.15) is 71.8 Å². The van der Waals surface area contributed by atoms with E-state index in [0.717, 1.165) is 0 Å². The average Bonchev–Trinajstić information content (AvgIpc) is 2.59. The number of ether oxygens (including phenoxy) is 2. The van der Waals surface area contributed by atoms with Gasteiger partial charge in [-0.3, -0.25) is 9.59 Å². The van der Waals surface area contributed by atoms with E-state index in [-0.39, 0.29) is 28.2 Å². The number of para-hydroxylation sites is 1. The summed E-state index contributed by atoms with van der Waals surface area (Å²) in [6, 6.07) is 5.55. The van der Waals surface area contributed by atoms with E-state index >= 15 is 0 Å². The van der Waals surface area contributed by atoms with Crippen molar-refractivity contribution in [2.75, 3.05) is 6.61 Å². The Labute approximate surface area is 177 Å². The lowest BCUT2D eigenvalue weighted by Crippen LogP contribution is -2.36. The standard InChI is InChI=1S/C25H30O5/c1-6-29-18-9-7-8-14-20(21-15(26)10-24(2,3)11-16(21)27)22-17(28)12-25(4,5)13-19(22)30-23(14)18/h7-9,20,26H,6,10-13H2,1-5H3. The van der Waals surface area contributed by atoms with Crippen molar-refractivity contribution in [1.82, 2.24) is 0 Å². The van der Waals surface area contributed by atoms with Gasteiger partial charge in [0.1, 0.15) is 11.5 Å². The second kappa shape index (κ2) is 7.00. The Morgan fingerprint density at radius 1 is 1.00 bits per heavy atom. The number of hydrogen-bond donors (Lipinski definition) is 1. The molecule has 1 heterocycles. The van der Waals surface area contributed by atoms with Crippen molar-refractivity contribution in [3.05, 3.63) is 46.4 Å². The summed E-state index contributed by atoms with van der Waals surface area (Å²) in [7, 11) is 0. The van der Waals surface area contributed by atoms with Gasteiger partial charge in [-0.2, -0.15) is 0 Å². The van der Waals surface area contributed by atoms with Gasteiger partial charge >= 0.3 is 0 Å². The van der Waals surface area contributed by atoms with Gasteiger partial charge in [0.05, 0.1) is 12.5 Å². The Hall–Kier alpha value is -2.56. The number of fused-ring (bicyclic) bond motifs is 1. The van der Waals surface area contributed by atoms with Crippen LogP contribution in [0.15, 0.2) is 40.9 Å². The number of ketones is 2. The zero-order chi connectivity index (χ0) is 21.8. The monoisotopic (exact) mass is 410 g/mol. The topological polar surface area (TPSA) is 72.8 Å². The summed E-state index contributed by atoms with van der Waals surface area (Å²) in [5, 5.41) is 11.0. The van der Waals surface area contributed by atoms with Crippen LogP contribution in [0.3, 0.4) is 0 Å². The molecule has 4 rings (SSSR count). The van der Waals surface area contributed by atoms with Crippen molar-refractivity contribution < 1.29 is 24.2 Å². The minimum absolute atomic E-state index is 0.0170. The van der Waals surface area contributed by atoms with Crippen molar-refractivity contribution in [2.45, 2.75) is 66.2 Å². The zero-order valence-corrected chi connectivity index (χ0v) is 18.4. The maximum atomic E-state index is 13.3. The molecule has 1 aromatic carbocycles. The Morgan fingerprint density at radius 3 is 2.27 bits per heavy atom. The molecule has 160 valence electrons. The predicted octanol–water partition coefficient (Wildman–Crippen LogP) is 5.41. The molecule has 0 saturated carbocycles. The average molecular weight is 411 g/mol. The first kappa shape index (κ1) is 20.7. The minimum atomic E-state index is -0.614. The SMILES string of the molecule is CCOc1cccc2c1OC1=C(C(=O)CC(C)(C)C1)C2C1=C(O)CC(C)(C)CC1=O. The smallest absolute Gasteiger partial charge is 0.172 e. The molecule has 1 aromatic rings. The highest BCUT2D eigenvalue weighted by Crippen LogP contribution is 2.54. The first-order valence-electron chi connectivity index (χ1n) is 10.7. The highest BCUT2D eigenvalue weighted by atomic mass is 16.5. The van der Waals surface area contributed by atoms with Gasteiger partial charge in [-0.1, -0.05) is 39.8 Å². The summed E-state index contributed by atoms with van der Waals surface area (Å²) < 4.78 is 12.1. The third-order valence-electron chi connectivity index (χ3n) is 6.20. The summed E-state index contributed by atoms with van der Waals surface area (Å²) in [6.07, 6.45) is 1.73. The number of hydrogen-bond acceptors (Lipinski definition) is 5. The predicted molar refractivity (Wildman–Crippen MR) is 114 cm³/mol. The first-order chi connectivity index (χ1) is 14.0. The second-order valence-electron chi connectivity index (χ2n) is 10.2. The number of aliphatic hydroxyl groups excluding tert-OH is 1. The normalized spacial score (nSPS) is 24.9. The number of benzene rings is 1. The van der Waals surface area contributed by atoms with Crippen LogP contribution in [0, 0.1) is 10.8 Å². The molecule has 0 radical (unpaired) electrons. The number of allylic oxidation sites excluding steroid dienone is 4. The first-order valence-corrected chi connectivity index (χ1v) is 10.7. The van der Waals surface area contributed by atoms with Gasteiger partial charge in [-0.25, -0.2) is 0 Å². The maximum absolute atomic E-state index is 13.3. The Morgan fingerprint density at radius 2 is 1.63 bits per heavy atom. The lowest BCUT2D eigenvalue weighted by molar-refractivity contribution is -0.119. The molecule has 2 aliphatic carbocycles. The fraction of sp³-hybridized carbons (Fsp3) is 0.520. The zero-order valence-electron chi connectivity index (χ0n) is 18.4. The van der Waals surface area contributed by atoms with Gasteiger partial charge < -0.3 is 14.6 Å². The number of aliphatic hydroxyl groups is 1. The van der Waals surface area contributed by atoms with Crippen molar-refractivity contribution in [3.8, 4) is 11.5 Å². The summed E-state index contributed by atoms with van der Waals surface area (Å²) in [5.41, 5.74) is 1.04. The van der Waals surface area contributed by atoms with Crippen LogP contribution in [0.25, 0.3) is 0 Å². The van der Waals surface area contributed by atoms with E-state index in [4.69, 9.17) is 9.47 Å². The summed E-state index contributed by atoms with van der Waals surface area (Å²) in [5.74, 6) is 1.08. The molecule has 1 atom stereocenters. The van der Waals surface area contributed by atoms with E-state index in [1.54, 1.807) is 0 Å². The molecule has 5 nitrogen and oxygen atoms in total. The Bertz CT molecular complexity index is 993. The van der Waals surface area contributed by atoms with E-state index in [1.165, 1.54) is 0 Å². The van der Waals surface area contributed by atoms with Crippen molar-refractivity contribution in [2.24, 2.45) is 10.8 Å².